The summed E-state index contributed by atoms with van der Waals surface area (Å²) in [6, 6.07) is 10.0. The molecular weight excluding hydrogens is 711 g/mol. The number of alkyl halides is 2. The molecule has 0 radical (unpaired) electrons. The molecule has 2 aliphatic rings. The van der Waals surface area contributed by atoms with E-state index in [-0.39, 0.29) is 39.2 Å². The highest BCUT2D eigenvalue weighted by Crippen LogP contribution is 2.48. The van der Waals surface area contributed by atoms with Crippen LogP contribution in [0.5, 0.6) is 0 Å². The number of hydrogen-bond acceptors (Lipinski definition) is 8. The predicted octanol–water partition coefficient (Wildman–Crippen LogP) is 6.57. The third-order valence-electron chi connectivity index (χ3n) is 9.52. The van der Waals surface area contributed by atoms with Crippen LogP contribution in [0.3, 0.4) is 0 Å². The molecular formula is C36H34Cl2F4N6O3. The average Bonchev–Trinajstić information content (AvgIpc) is 3.10. The monoisotopic (exact) mass is 744 g/mol. The van der Waals surface area contributed by atoms with Gasteiger partial charge in [0.05, 0.1) is 34.3 Å². The Labute approximate surface area is 301 Å². The zero-order chi connectivity index (χ0) is 36.8. The first-order valence-electron chi connectivity index (χ1n) is 16.2. The van der Waals surface area contributed by atoms with Crippen molar-refractivity contribution in [1.29, 1.82) is 0 Å². The lowest BCUT2D eigenvalue weighted by atomic mass is 9.62. The summed E-state index contributed by atoms with van der Waals surface area (Å²) in [7, 11) is 0. The van der Waals surface area contributed by atoms with Gasteiger partial charge in [-0.3, -0.25) is 14.4 Å². The number of benzene rings is 2. The van der Waals surface area contributed by atoms with Crippen molar-refractivity contribution in [2.24, 2.45) is 5.73 Å². The van der Waals surface area contributed by atoms with E-state index in [2.05, 4.69) is 19.9 Å². The number of nitrogens with zero attached hydrogens (tertiary/aromatic N) is 4. The zero-order valence-corrected chi connectivity index (χ0v) is 28.8. The van der Waals surface area contributed by atoms with Crippen LogP contribution >= 0.6 is 23.2 Å². The number of rotatable bonds is 12. The second-order valence-corrected chi connectivity index (χ2v) is 13.5. The van der Waals surface area contributed by atoms with Crippen LogP contribution in [0.1, 0.15) is 82.0 Å². The van der Waals surface area contributed by atoms with Gasteiger partial charge in [0, 0.05) is 48.5 Å². The van der Waals surface area contributed by atoms with Crippen molar-refractivity contribution >= 4 is 40.7 Å². The molecule has 0 spiro atoms. The summed E-state index contributed by atoms with van der Waals surface area (Å²) >= 11 is 11.8. The molecule has 2 aliphatic carbocycles. The summed E-state index contributed by atoms with van der Waals surface area (Å²) in [6.45, 7) is -0.635. The highest BCUT2D eigenvalue weighted by Gasteiger charge is 2.43. The fourth-order valence-corrected chi connectivity index (χ4v) is 6.72. The van der Waals surface area contributed by atoms with Gasteiger partial charge in [-0.25, -0.2) is 28.7 Å². The van der Waals surface area contributed by atoms with E-state index >= 15 is 0 Å². The fourth-order valence-electron chi connectivity index (χ4n) is 6.37. The third kappa shape index (κ3) is 8.59. The van der Waals surface area contributed by atoms with Gasteiger partial charge >= 0.3 is 6.43 Å². The van der Waals surface area contributed by atoms with E-state index in [0.29, 0.717) is 41.2 Å². The van der Waals surface area contributed by atoms with E-state index in [4.69, 9.17) is 28.9 Å². The molecule has 2 aromatic carbocycles. The number of hydrogen-bond donors (Lipinski definition) is 2. The van der Waals surface area contributed by atoms with Crippen molar-refractivity contribution in [3.8, 4) is 0 Å². The smallest absolute Gasteiger partial charge is 0.315 e. The summed E-state index contributed by atoms with van der Waals surface area (Å²) in [6.07, 6.45) is 8.54. The lowest BCUT2D eigenvalue weighted by molar-refractivity contribution is -0.131. The van der Waals surface area contributed by atoms with Crippen molar-refractivity contribution in [3.63, 3.8) is 0 Å². The number of amides is 1. The summed E-state index contributed by atoms with van der Waals surface area (Å²) in [5.41, 5.74) is 6.22. The van der Waals surface area contributed by atoms with Gasteiger partial charge in [0.1, 0.15) is 23.3 Å². The number of Topliss-reactive ketones (excluding diaryl/α,β-unsaturated/α-hetero) is 2. The summed E-state index contributed by atoms with van der Waals surface area (Å²) in [5, 5.41) is 2.04. The molecule has 15 heteroatoms. The van der Waals surface area contributed by atoms with Crippen molar-refractivity contribution in [3.05, 3.63) is 117 Å². The standard InChI is InChI=1S/C19H17ClF3N3O2.C17H17ClFN3O/c20-13-4-1-3-12(16(13)21)19(5-2-6-19)7-15-24-8-11(9-25-15)14(27)10-26-18(28)17(22)23;18-13-4-1-3-12(16(13)19)17(5-2-6-17)7-15-21-9-11(10-22-15)14(23)8-20/h1,3-4,8-9,17H,2,5-7,10H2,(H,26,28);1,3-4,9-10H,2,5-8,20H2. The molecule has 0 aliphatic heterocycles. The van der Waals surface area contributed by atoms with E-state index in [0.717, 1.165) is 38.5 Å². The Kier molecular flexibility index (Phi) is 12.2. The van der Waals surface area contributed by atoms with E-state index in [1.807, 2.05) is 5.32 Å². The highest BCUT2D eigenvalue weighted by molar-refractivity contribution is 6.31. The van der Waals surface area contributed by atoms with Crippen LogP contribution in [0, 0.1) is 11.6 Å². The Bertz CT molecular complexity index is 1890. The molecule has 268 valence electrons. The van der Waals surface area contributed by atoms with Gasteiger partial charge in [0.25, 0.3) is 5.91 Å². The zero-order valence-electron chi connectivity index (χ0n) is 27.3. The first kappa shape index (κ1) is 37.9. The van der Waals surface area contributed by atoms with Gasteiger partial charge in [-0.2, -0.15) is 8.78 Å². The Hall–Kier alpha value is -4.33. The Morgan fingerprint density at radius 1 is 0.725 bits per heavy atom. The molecule has 0 bridgehead atoms. The maximum atomic E-state index is 14.5. The maximum Gasteiger partial charge on any atom is 0.315 e. The molecule has 2 fully saturated rings. The Balaban J connectivity index is 0.000000201. The molecule has 3 N–H and O–H groups in total. The molecule has 51 heavy (non-hydrogen) atoms. The average molecular weight is 746 g/mol. The topological polar surface area (TPSA) is 141 Å². The first-order valence-corrected chi connectivity index (χ1v) is 17.0. The molecule has 2 saturated carbocycles. The van der Waals surface area contributed by atoms with Crippen LogP contribution in [-0.4, -0.2) is 56.9 Å². The quantitative estimate of drug-likeness (QED) is 0.123. The maximum absolute atomic E-state index is 14.5. The van der Waals surface area contributed by atoms with E-state index in [9.17, 15) is 31.9 Å². The van der Waals surface area contributed by atoms with E-state index in [1.165, 1.54) is 30.9 Å². The first-order chi connectivity index (χ1) is 24.4. The third-order valence-corrected chi connectivity index (χ3v) is 10.1. The van der Waals surface area contributed by atoms with E-state index < -0.39 is 35.9 Å². The second-order valence-electron chi connectivity index (χ2n) is 12.7. The van der Waals surface area contributed by atoms with Gasteiger partial charge in [-0.1, -0.05) is 60.3 Å². The van der Waals surface area contributed by atoms with Crippen molar-refractivity contribution in [2.75, 3.05) is 13.1 Å². The number of ketones is 2. The van der Waals surface area contributed by atoms with Crippen molar-refractivity contribution in [1.82, 2.24) is 25.3 Å². The minimum Gasteiger partial charge on any atom is -0.344 e. The predicted molar refractivity (Wildman–Crippen MR) is 182 cm³/mol. The van der Waals surface area contributed by atoms with Gasteiger partial charge in [0.2, 0.25) is 0 Å². The minimum atomic E-state index is -3.18. The molecule has 0 atom stereocenters. The molecule has 9 nitrogen and oxygen atoms in total. The summed E-state index contributed by atoms with van der Waals surface area (Å²) < 4.78 is 53.2. The molecule has 0 unspecified atom stereocenters. The van der Waals surface area contributed by atoms with Gasteiger partial charge in [-0.05, 0) is 48.9 Å². The molecule has 2 heterocycles. The SMILES string of the molecule is NCC(=O)c1cnc(CC2(c3cccc(Cl)c3F)CCC2)nc1.O=C(CNC(=O)C(F)F)c1cnc(CC2(c3cccc(Cl)c3F)CCC2)nc1. The van der Waals surface area contributed by atoms with Crippen LogP contribution in [0.2, 0.25) is 10.0 Å². The summed E-state index contributed by atoms with van der Waals surface area (Å²) in [4.78, 5) is 51.1. The normalized spacial score (nSPS) is 15.5. The number of nitrogens with one attached hydrogen (secondary N) is 1. The number of halogens is 6. The number of carbonyl (C=O) groups excluding carboxylic acids is 3. The van der Waals surface area contributed by atoms with Gasteiger partial charge < -0.3 is 11.1 Å². The minimum absolute atomic E-state index is 0.0662. The van der Waals surface area contributed by atoms with E-state index in [1.54, 1.807) is 30.3 Å². The van der Waals surface area contributed by atoms with Crippen LogP contribution in [0.25, 0.3) is 0 Å². The van der Waals surface area contributed by atoms with Gasteiger partial charge in [0.15, 0.2) is 11.6 Å². The lowest BCUT2D eigenvalue weighted by Crippen LogP contribution is -2.38. The summed E-state index contributed by atoms with van der Waals surface area (Å²) in [5.74, 6) is -2.06. The van der Waals surface area contributed by atoms with Crippen LogP contribution in [-0.2, 0) is 28.5 Å². The molecule has 1 amide bonds. The second kappa shape index (κ2) is 16.3. The Morgan fingerprint density at radius 2 is 1.14 bits per heavy atom. The van der Waals surface area contributed by atoms with Crippen molar-refractivity contribution < 1.29 is 31.9 Å². The molecule has 6 rings (SSSR count). The number of nitrogens with two attached hydrogens (primary N) is 1. The van der Waals surface area contributed by atoms with Crippen molar-refractivity contribution in [2.45, 2.75) is 68.6 Å². The highest BCUT2D eigenvalue weighted by atomic mass is 35.5. The lowest BCUT2D eigenvalue weighted by Gasteiger charge is -2.42. The van der Waals surface area contributed by atoms with Gasteiger partial charge in [-0.15, -0.1) is 0 Å². The largest absolute Gasteiger partial charge is 0.344 e. The van der Waals surface area contributed by atoms with Crippen LogP contribution < -0.4 is 11.1 Å². The van der Waals surface area contributed by atoms with Crippen LogP contribution in [0.15, 0.2) is 61.2 Å². The Morgan fingerprint density at radius 3 is 1.49 bits per heavy atom. The number of aromatic nitrogens is 4. The molecule has 0 saturated heterocycles. The molecule has 4 aromatic rings. The molecule has 2 aromatic heterocycles. The van der Waals surface area contributed by atoms with Crippen LogP contribution in [0.4, 0.5) is 17.6 Å². The number of carbonyl (C=O) groups is 3. The fraction of sp³-hybridized carbons (Fsp3) is 0.361.